The maximum atomic E-state index is 6.33. The molecule has 8 nitrogen and oxygen atoms in total. The maximum Gasteiger partial charge on any atom is 0.150 e. The molecule has 2 fully saturated rings. The Labute approximate surface area is 208 Å². The van der Waals surface area contributed by atoms with E-state index in [0.29, 0.717) is 18.2 Å². The molecule has 0 aromatic carbocycles. The average molecular weight is 491 g/mol. The number of halogens is 1. The Balaban J connectivity index is 1.57. The Kier molecular flexibility index (Phi) is 6.10. The standard InChI is InChI=1S/C26H27ClN6O2/c1-17-16-34-11-9-32(17)23-13-21(18-12-19(27)15-28-14-18)20-5-7-29-26(25(20)31-23)22-6-8-30-33(22)24-4-2-3-10-35-24/h5-8,12-15,17,24H,2-4,9-11,16H2,1H3. The van der Waals surface area contributed by atoms with E-state index in [2.05, 4.69) is 28.0 Å². The predicted octanol–water partition coefficient (Wildman–Crippen LogP) is 5.13. The third-order valence-corrected chi connectivity index (χ3v) is 6.94. The second-order valence-electron chi connectivity index (χ2n) is 9.08. The predicted molar refractivity (Wildman–Crippen MR) is 135 cm³/mol. The van der Waals surface area contributed by atoms with Crippen molar-refractivity contribution < 1.29 is 9.47 Å². The summed E-state index contributed by atoms with van der Waals surface area (Å²) in [6.07, 6.45) is 10.2. The number of fused-ring (bicyclic) bond motifs is 1. The molecule has 2 unspecified atom stereocenters. The molecule has 0 bridgehead atoms. The summed E-state index contributed by atoms with van der Waals surface area (Å²) in [5, 5.41) is 6.19. The lowest BCUT2D eigenvalue weighted by Gasteiger charge is -2.34. The van der Waals surface area contributed by atoms with Gasteiger partial charge in [-0.3, -0.25) is 9.97 Å². The molecule has 6 heterocycles. The average Bonchev–Trinajstić information content (AvgIpc) is 3.38. The van der Waals surface area contributed by atoms with Crippen LogP contribution in [0.15, 0.2) is 49.1 Å². The van der Waals surface area contributed by atoms with Gasteiger partial charge in [0, 0.05) is 48.9 Å². The number of anilines is 1. The van der Waals surface area contributed by atoms with Gasteiger partial charge in [0.2, 0.25) is 0 Å². The number of morpholine rings is 1. The summed E-state index contributed by atoms with van der Waals surface area (Å²) < 4.78 is 13.7. The Bertz CT molecular complexity index is 1350. The van der Waals surface area contributed by atoms with Crippen LogP contribution < -0.4 is 4.90 Å². The van der Waals surface area contributed by atoms with Gasteiger partial charge in [-0.1, -0.05) is 11.6 Å². The Hall–Kier alpha value is -3.07. The summed E-state index contributed by atoms with van der Waals surface area (Å²) in [4.78, 5) is 16.6. The molecule has 2 atom stereocenters. The number of hydrogen-bond acceptors (Lipinski definition) is 7. The van der Waals surface area contributed by atoms with Crippen LogP contribution in [0.3, 0.4) is 0 Å². The van der Waals surface area contributed by atoms with Crippen LogP contribution in [0.1, 0.15) is 32.4 Å². The van der Waals surface area contributed by atoms with Gasteiger partial charge in [0.15, 0.2) is 6.23 Å². The highest BCUT2D eigenvalue weighted by Crippen LogP contribution is 2.37. The normalized spacial score (nSPS) is 20.9. The molecule has 180 valence electrons. The van der Waals surface area contributed by atoms with Gasteiger partial charge in [0.05, 0.1) is 30.0 Å². The lowest BCUT2D eigenvalue weighted by Crippen LogP contribution is -2.44. The largest absolute Gasteiger partial charge is 0.377 e. The summed E-state index contributed by atoms with van der Waals surface area (Å²) in [6.45, 7) is 5.01. The summed E-state index contributed by atoms with van der Waals surface area (Å²) in [5.41, 5.74) is 4.46. The zero-order valence-electron chi connectivity index (χ0n) is 19.6. The van der Waals surface area contributed by atoms with Crippen molar-refractivity contribution in [3.63, 3.8) is 0 Å². The van der Waals surface area contributed by atoms with Crippen molar-refractivity contribution >= 4 is 28.3 Å². The number of hydrogen-bond donors (Lipinski definition) is 0. The van der Waals surface area contributed by atoms with Crippen molar-refractivity contribution in [1.29, 1.82) is 0 Å². The molecule has 0 saturated carbocycles. The van der Waals surface area contributed by atoms with Gasteiger partial charge in [0.1, 0.15) is 17.0 Å². The van der Waals surface area contributed by atoms with Gasteiger partial charge in [-0.15, -0.1) is 0 Å². The topological polar surface area (TPSA) is 78.2 Å². The molecule has 0 amide bonds. The maximum absolute atomic E-state index is 6.33. The first-order chi connectivity index (χ1) is 17.2. The highest BCUT2D eigenvalue weighted by Gasteiger charge is 2.25. The van der Waals surface area contributed by atoms with Gasteiger partial charge in [-0.05, 0) is 56.0 Å². The fourth-order valence-corrected chi connectivity index (χ4v) is 5.16. The van der Waals surface area contributed by atoms with E-state index in [0.717, 1.165) is 71.6 Å². The number of aromatic nitrogens is 5. The lowest BCUT2D eigenvalue weighted by molar-refractivity contribution is -0.0383. The third kappa shape index (κ3) is 4.26. The van der Waals surface area contributed by atoms with Crippen molar-refractivity contribution in [2.24, 2.45) is 0 Å². The Morgan fingerprint density at radius 3 is 2.86 bits per heavy atom. The minimum atomic E-state index is -0.0927. The van der Waals surface area contributed by atoms with Crippen LogP contribution in [0.2, 0.25) is 5.02 Å². The molecule has 2 aliphatic rings. The lowest BCUT2D eigenvalue weighted by atomic mass is 10.0. The molecular formula is C26H27ClN6O2. The van der Waals surface area contributed by atoms with Gasteiger partial charge < -0.3 is 14.4 Å². The molecule has 4 aromatic rings. The molecule has 35 heavy (non-hydrogen) atoms. The van der Waals surface area contributed by atoms with Crippen LogP contribution >= 0.6 is 11.6 Å². The summed E-state index contributed by atoms with van der Waals surface area (Å²) in [6, 6.07) is 8.28. The highest BCUT2D eigenvalue weighted by molar-refractivity contribution is 6.30. The fourth-order valence-electron chi connectivity index (χ4n) is 4.99. The first-order valence-electron chi connectivity index (χ1n) is 12.1. The molecule has 2 saturated heterocycles. The quantitative estimate of drug-likeness (QED) is 0.392. The monoisotopic (exact) mass is 490 g/mol. The molecule has 0 aliphatic carbocycles. The van der Waals surface area contributed by atoms with Crippen LogP contribution in [0.5, 0.6) is 0 Å². The van der Waals surface area contributed by atoms with Crippen molar-refractivity contribution in [2.75, 3.05) is 31.3 Å². The van der Waals surface area contributed by atoms with Crippen molar-refractivity contribution in [3.8, 4) is 22.5 Å². The second-order valence-corrected chi connectivity index (χ2v) is 9.51. The van der Waals surface area contributed by atoms with Crippen LogP contribution in [0.4, 0.5) is 5.82 Å². The second kappa shape index (κ2) is 9.53. The van der Waals surface area contributed by atoms with Gasteiger partial charge in [-0.25, -0.2) is 9.67 Å². The summed E-state index contributed by atoms with van der Waals surface area (Å²) in [5.74, 6) is 0.887. The Morgan fingerprint density at radius 1 is 1.09 bits per heavy atom. The first kappa shape index (κ1) is 22.4. The van der Waals surface area contributed by atoms with E-state index in [1.165, 1.54) is 0 Å². The van der Waals surface area contributed by atoms with E-state index in [4.69, 9.17) is 31.0 Å². The Morgan fingerprint density at radius 2 is 2.03 bits per heavy atom. The van der Waals surface area contributed by atoms with E-state index in [1.54, 1.807) is 6.20 Å². The molecule has 9 heteroatoms. The SMILES string of the molecule is CC1COCCN1c1cc(-c2cncc(Cl)c2)c2ccnc(-c3ccnn3C3CCCCO3)c2n1. The van der Waals surface area contributed by atoms with E-state index in [9.17, 15) is 0 Å². The van der Waals surface area contributed by atoms with Crippen molar-refractivity contribution in [3.05, 3.63) is 54.1 Å². The van der Waals surface area contributed by atoms with Gasteiger partial charge in [0.25, 0.3) is 0 Å². The molecule has 0 spiro atoms. The molecule has 6 rings (SSSR count). The summed E-state index contributed by atoms with van der Waals surface area (Å²) in [7, 11) is 0. The van der Waals surface area contributed by atoms with Gasteiger partial charge >= 0.3 is 0 Å². The van der Waals surface area contributed by atoms with Crippen LogP contribution in [-0.2, 0) is 9.47 Å². The number of nitrogens with zero attached hydrogens (tertiary/aromatic N) is 6. The third-order valence-electron chi connectivity index (χ3n) is 6.73. The van der Waals surface area contributed by atoms with E-state index < -0.39 is 0 Å². The molecular weight excluding hydrogens is 464 g/mol. The van der Waals surface area contributed by atoms with Crippen LogP contribution in [0, 0.1) is 0 Å². The molecule has 2 aliphatic heterocycles. The smallest absolute Gasteiger partial charge is 0.150 e. The zero-order chi connectivity index (χ0) is 23.8. The molecule has 4 aromatic heterocycles. The minimum Gasteiger partial charge on any atom is -0.377 e. The van der Waals surface area contributed by atoms with Crippen molar-refractivity contribution in [1.82, 2.24) is 24.7 Å². The number of rotatable bonds is 4. The number of pyridine rings is 3. The van der Waals surface area contributed by atoms with E-state index >= 15 is 0 Å². The molecule has 0 N–H and O–H groups in total. The summed E-state index contributed by atoms with van der Waals surface area (Å²) >= 11 is 6.33. The minimum absolute atomic E-state index is 0.0927. The van der Waals surface area contributed by atoms with Crippen molar-refractivity contribution in [2.45, 2.75) is 38.5 Å². The highest BCUT2D eigenvalue weighted by atomic mass is 35.5. The first-order valence-corrected chi connectivity index (χ1v) is 12.5. The van der Waals surface area contributed by atoms with E-state index in [-0.39, 0.29) is 12.3 Å². The van der Waals surface area contributed by atoms with E-state index in [1.807, 2.05) is 41.5 Å². The van der Waals surface area contributed by atoms with Gasteiger partial charge in [-0.2, -0.15) is 5.10 Å². The van der Waals surface area contributed by atoms with Crippen LogP contribution in [-0.4, -0.2) is 57.1 Å². The molecule has 0 radical (unpaired) electrons. The zero-order valence-corrected chi connectivity index (χ0v) is 20.4. The number of ether oxygens (including phenoxy) is 2. The fraction of sp³-hybridized carbons (Fsp3) is 0.385. The van der Waals surface area contributed by atoms with Crippen LogP contribution in [0.25, 0.3) is 33.4 Å².